The Morgan fingerprint density at radius 2 is 2.27 bits per heavy atom. The van der Waals surface area contributed by atoms with Crippen molar-refractivity contribution >= 4 is 5.95 Å². The third kappa shape index (κ3) is 1.63. The molecule has 0 fully saturated rings. The molecule has 1 heterocycles. The Balaban J connectivity index is 2.76. The number of nitrogens with two attached hydrogens (primary N) is 1. The van der Waals surface area contributed by atoms with Crippen LogP contribution in [0.1, 0.15) is 13.0 Å². The van der Waals surface area contributed by atoms with Crippen LogP contribution in [0.4, 0.5) is 14.7 Å². The molecule has 0 bridgehead atoms. The lowest BCUT2D eigenvalue weighted by Crippen LogP contribution is -2.14. The number of anilines is 1. The number of aromatic nitrogens is 3. The molecule has 0 aromatic carbocycles. The van der Waals surface area contributed by atoms with Gasteiger partial charge in [-0.05, 0) is 6.92 Å². The molecule has 6 heteroatoms. The number of nitrogen functional groups attached to an aromatic ring is 1. The predicted molar refractivity (Wildman–Crippen MR) is 35.1 cm³/mol. The first kappa shape index (κ1) is 7.90. The van der Waals surface area contributed by atoms with Gasteiger partial charge in [0, 0.05) is 0 Å². The lowest BCUT2D eigenvalue weighted by atomic mass is 10.4. The van der Waals surface area contributed by atoms with Crippen LogP contribution in [0, 0.1) is 0 Å². The molecule has 1 aromatic heterocycles. The quantitative estimate of drug-likeness (QED) is 0.695. The fourth-order valence-electron chi connectivity index (χ4n) is 0.600. The van der Waals surface area contributed by atoms with Crippen LogP contribution in [0.15, 0.2) is 6.33 Å². The molecule has 0 radical (unpaired) electrons. The molecule has 1 rings (SSSR count). The molecule has 62 valence electrons. The van der Waals surface area contributed by atoms with E-state index in [0.717, 1.165) is 4.68 Å². The second-order valence-electron chi connectivity index (χ2n) is 2.16. The highest BCUT2D eigenvalue weighted by Gasteiger charge is 2.17. The van der Waals surface area contributed by atoms with Crippen molar-refractivity contribution in [1.29, 1.82) is 0 Å². The van der Waals surface area contributed by atoms with E-state index in [1.54, 1.807) is 0 Å². The Morgan fingerprint density at radius 1 is 1.64 bits per heavy atom. The number of nitrogens with zero attached hydrogens (tertiary/aromatic N) is 3. The highest BCUT2D eigenvalue weighted by atomic mass is 19.3. The fourth-order valence-corrected chi connectivity index (χ4v) is 0.600. The maximum absolute atomic E-state index is 12.0. The summed E-state index contributed by atoms with van der Waals surface area (Å²) in [5, 5.41) is 3.54. The summed E-state index contributed by atoms with van der Waals surface area (Å²) in [4.78, 5) is 3.52. The van der Waals surface area contributed by atoms with Gasteiger partial charge in [0.05, 0.1) is 0 Å². The van der Waals surface area contributed by atoms with Crippen LogP contribution >= 0.6 is 0 Å². The van der Waals surface area contributed by atoms with Gasteiger partial charge >= 0.3 is 0 Å². The fraction of sp³-hybridized carbons (Fsp3) is 0.600. The lowest BCUT2D eigenvalue weighted by Gasteiger charge is -2.08. The van der Waals surface area contributed by atoms with Gasteiger partial charge in [-0.15, -0.1) is 5.10 Å². The number of hydrogen-bond donors (Lipinski definition) is 1. The van der Waals surface area contributed by atoms with Crippen molar-refractivity contribution in [2.75, 3.05) is 5.73 Å². The third-order valence-corrected chi connectivity index (χ3v) is 1.31. The van der Waals surface area contributed by atoms with Gasteiger partial charge in [-0.25, -0.2) is 18.4 Å². The normalized spacial score (nSPS) is 13.8. The van der Waals surface area contributed by atoms with Crippen LogP contribution in [0.2, 0.25) is 0 Å². The van der Waals surface area contributed by atoms with E-state index < -0.39 is 12.5 Å². The summed E-state index contributed by atoms with van der Waals surface area (Å²) < 4.78 is 25.0. The molecule has 0 aliphatic rings. The standard InChI is InChI=1S/C5H8F2N4/c1-3(4(6)7)11-2-9-5(8)10-11/h2-4H,1H3,(H2,8,10). The SMILES string of the molecule is CC(C(F)F)n1cnc(N)n1. The van der Waals surface area contributed by atoms with Crippen molar-refractivity contribution in [3.8, 4) is 0 Å². The second-order valence-corrected chi connectivity index (χ2v) is 2.16. The zero-order valence-electron chi connectivity index (χ0n) is 5.91. The smallest absolute Gasteiger partial charge is 0.260 e. The Morgan fingerprint density at radius 3 is 2.64 bits per heavy atom. The summed E-state index contributed by atoms with van der Waals surface area (Å²) in [5.74, 6) is 0.0116. The van der Waals surface area contributed by atoms with Crippen LogP contribution in [0.25, 0.3) is 0 Å². The maximum Gasteiger partial charge on any atom is 0.260 e. The maximum atomic E-state index is 12.0. The number of hydrogen-bond acceptors (Lipinski definition) is 3. The van der Waals surface area contributed by atoms with E-state index >= 15 is 0 Å². The molecule has 4 nitrogen and oxygen atoms in total. The summed E-state index contributed by atoms with van der Waals surface area (Å²) in [5.41, 5.74) is 5.13. The highest BCUT2D eigenvalue weighted by Crippen LogP contribution is 2.13. The molecular weight excluding hydrogens is 154 g/mol. The van der Waals surface area contributed by atoms with Crippen molar-refractivity contribution < 1.29 is 8.78 Å². The third-order valence-electron chi connectivity index (χ3n) is 1.31. The molecular formula is C5H8F2N4. The van der Waals surface area contributed by atoms with Crippen molar-refractivity contribution in [3.05, 3.63) is 6.33 Å². The minimum Gasteiger partial charge on any atom is -0.367 e. The van der Waals surface area contributed by atoms with Gasteiger partial charge in [-0.3, -0.25) is 0 Å². The summed E-state index contributed by atoms with van der Waals surface area (Å²) in [7, 11) is 0. The zero-order chi connectivity index (χ0) is 8.43. The summed E-state index contributed by atoms with van der Waals surface area (Å²) in [6, 6.07) is -0.972. The summed E-state index contributed by atoms with van der Waals surface area (Å²) in [6.07, 6.45) is -1.26. The van der Waals surface area contributed by atoms with Crippen LogP contribution in [0.3, 0.4) is 0 Å². The van der Waals surface area contributed by atoms with E-state index in [1.165, 1.54) is 13.3 Å². The highest BCUT2D eigenvalue weighted by molar-refractivity contribution is 5.09. The van der Waals surface area contributed by atoms with E-state index in [0.29, 0.717) is 0 Å². The van der Waals surface area contributed by atoms with E-state index in [4.69, 9.17) is 5.73 Å². The van der Waals surface area contributed by atoms with Crippen LogP contribution in [-0.2, 0) is 0 Å². The molecule has 2 N–H and O–H groups in total. The second kappa shape index (κ2) is 2.81. The molecule has 11 heavy (non-hydrogen) atoms. The molecule has 1 aromatic rings. The van der Waals surface area contributed by atoms with Gasteiger partial charge < -0.3 is 5.73 Å². The van der Waals surface area contributed by atoms with Crippen LogP contribution < -0.4 is 5.73 Å². The monoisotopic (exact) mass is 162 g/mol. The number of halogens is 2. The summed E-state index contributed by atoms with van der Waals surface area (Å²) in [6.45, 7) is 1.35. The summed E-state index contributed by atoms with van der Waals surface area (Å²) >= 11 is 0. The van der Waals surface area contributed by atoms with Gasteiger partial charge in [0.15, 0.2) is 0 Å². The van der Waals surface area contributed by atoms with Gasteiger partial charge in [0.2, 0.25) is 5.95 Å². The minimum absolute atomic E-state index is 0.0116. The Hall–Kier alpha value is -1.20. The largest absolute Gasteiger partial charge is 0.367 e. The molecule has 0 amide bonds. The zero-order valence-corrected chi connectivity index (χ0v) is 5.91. The molecule has 1 atom stereocenters. The van der Waals surface area contributed by atoms with E-state index in [1.807, 2.05) is 0 Å². The van der Waals surface area contributed by atoms with Crippen molar-refractivity contribution in [3.63, 3.8) is 0 Å². The van der Waals surface area contributed by atoms with Crippen molar-refractivity contribution in [2.24, 2.45) is 0 Å². The first-order chi connectivity index (χ1) is 5.11. The molecule has 0 saturated heterocycles. The van der Waals surface area contributed by atoms with E-state index in [-0.39, 0.29) is 5.95 Å². The Labute approximate surface area is 62.0 Å². The van der Waals surface area contributed by atoms with Gasteiger partial charge in [-0.1, -0.05) is 0 Å². The van der Waals surface area contributed by atoms with E-state index in [2.05, 4.69) is 10.1 Å². The Kier molecular flexibility index (Phi) is 2.02. The minimum atomic E-state index is -2.45. The first-order valence-corrected chi connectivity index (χ1v) is 3.06. The van der Waals surface area contributed by atoms with E-state index in [9.17, 15) is 8.78 Å². The number of rotatable bonds is 2. The van der Waals surface area contributed by atoms with Gasteiger partial charge in [0.25, 0.3) is 6.43 Å². The average molecular weight is 162 g/mol. The first-order valence-electron chi connectivity index (χ1n) is 3.06. The molecule has 0 aliphatic carbocycles. The average Bonchev–Trinajstić information content (AvgIpc) is 2.34. The molecule has 0 aliphatic heterocycles. The number of alkyl halides is 2. The van der Waals surface area contributed by atoms with Gasteiger partial charge in [-0.2, -0.15) is 0 Å². The lowest BCUT2D eigenvalue weighted by molar-refractivity contribution is 0.0854. The topological polar surface area (TPSA) is 56.7 Å². The van der Waals surface area contributed by atoms with Crippen molar-refractivity contribution in [2.45, 2.75) is 19.4 Å². The molecule has 0 spiro atoms. The van der Waals surface area contributed by atoms with Crippen molar-refractivity contribution in [1.82, 2.24) is 14.8 Å². The van der Waals surface area contributed by atoms with Crippen LogP contribution in [0.5, 0.6) is 0 Å². The Bertz CT molecular complexity index is 234. The molecule has 0 saturated carbocycles. The predicted octanol–water partition coefficient (Wildman–Crippen LogP) is 0.686. The van der Waals surface area contributed by atoms with Crippen LogP contribution in [-0.4, -0.2) is 21.2 Å². The molecule has 1 unspecified atom stereocenters. The van der Waals surface area contributed by atoms with Gasteiger partial charge in [0.1, 0.15) is 12.4 Å².